The van der Waals surface area contributed by atoms with Gasteiger partial charge in [0.05, 0.1) is 11.9 Å². The average Bonchev–Trinajstić information content (AvgIpc) is 3.06. The van der Waals surface area contributed by atoms with Crippen molar-refractivity contribution in [1.82, 2.24) is 24.3 Å². The van der Waals surface area contributed by atoms with Gasteiger partial charge in [-0.3, -0.25) is 4.57 Å². The molecular weight excluding hydrogens is 323 g/mol. The highest BCUT2D eigenvalue weighted by Crippen LogP contribution is 2.25. The van der Waals surface area contributed by atoms with Crippen LogP contribution in [0.15, 0.2) is 54.0 Å². The maximum Gasteiger partial charge on any atom is 0.453 e. The monoisotopic (exact) mass is 331 g/mol. The Bertz CT molecular complexity index is 961. The minimum Gasteiger partial charge on any atom is -0.300 e. The van der Waals surface area contributed by atoms with Crippen LogP contribution >= 0.6 is 0 Å². The number of hydrogen-bond donors (Lipinski definition) is 0. The van der Waals surface area contributed by atoms with E-state index in [1.54, 1.807) is 41.2 Å². The fraction of sp³-hybridized carbons (Fsp3) is 0.0714. The summed E-state index contributed by atoms with van der Waals surface area (Å²) in [5, 5.41) is 12.0. The summed E-state index contributed by atoms with van der Waals surface area (Å²) in [4.78, 5) is 11.0. The van der Waals surface area contributed by atoms with Crippen molar-refractivity contribution in [2.75, 3.05) is 0 Å². The standard InChI is InChI=1S/C14H8F3N7/c15-14(16,17)13-21-9-24(22-13)12-5-4-10(7-19-12)23-6-2-1-3-11(23)20-8-18/h1-7,9H. The zero-order valence-corrected chi connectivity index (χ0v) is 11.9. The Kier molecular flexibility index (Phi) is 3.83. The fourth-order valence-corrected chi connectivity index (χ4v) is 1.95. The lowest BCUT2D eigenvalue weighted by Crippen LogP contribution is -2.17. The van der Waals surface area contributed by atoms with Crippen molar-refractivity contribution < 1.29 is 13.2 Å². The van der Waals surface area contributed by atoms with Crippen molar-refractivity contribution in [2.24, 2.45) is 4.99 Å². The number of hydrogen-bond acceptors (Lipinski definition) is 5. The SMILES string of the molecule is N#CN=c1ccccn1-c1ccc(-n2cnc(C(F)(F)F)n2)nc1. The summed E-state index contributed by atoms with van der Waals surface area (Å²) in [6.45, 7) is 0. The first-order valence-electron chi connectivity index (χ1n) is 6.55. The van der Waals surface area contributed by atoms with Crippen LogP contribution in [0.5, 0.6) is 0 Å². The second-order valence-electron chi connectivity index (χ2n) is 4.53. The van der Waals surface area contributed by atoms with Crippen LogP contribution in [0.1, 0.15) is 5.82 Å². The molecule has 3 rings (SSSR count). The molecule has 0 unspecified atom stereocenters. The Morgan fingerprint density at radius 2 is 1.96 bits per heavy atom. The Morgan fingerprint density at radius 1 is 1.12 bits per heavy atom. The summed E-state index contributed by atoms with van der Waals surface area (Å²) in [7, 11) is 0. The number of nitriles is 1. The van der Waals surface area contributed by atoms with E-state index in [0.717, 1.165) is 11.0 Å². The highest BCUT2D eigenvalue weighted by molar-refractivity contribution is 5.34. The Balaban J connectivity index is 1.97. The first kappa shape index (κ1) is 15.4. The van der Waals surface area contributed by atoms with E-state index in [0.29, 0.717) is 11.2 Å². The quantitative estimate of drug-likeness (QED) is 0.671. The number of pyridine rings is 2. The molecule has 3 heterocycles. The third-order valence-corrected chi connectivity index (χ3v) is 2.99. The van der Waals surface area contributed by atoms with Crippen LogP contribution in [-0.4, -0.2) is 24.3 Å². The normalized spacial score (nSPS) is 12.2. The summed E-state index contributed by atoms with van der Waals surface area (Å²) in [6, 6.07) is 8.22. The van der Waals surface area contributed by atoms with E-state index in [2.05, 4.69) is 20.1 Å². The molecule has 0 saturated heterocycles. The lowest BCUT2D eigenvalue weighted by Gasteiger charge is -2.07. The van der Waals surface area contributed by atoms with E-state index in [9.17, 15) is 13.2 Å². The van der Waals surface area contributed by atoms with E-state index in [1.807, 2.05) is 0 Å². The van der Waals surface area contributed by atoms with E-state index >= 15 is 0 Å². The zero-order chi connectivity index (χ0) is 17.2. The second kappa shape index (κ2) is 5.96. The molecular formula is C14H8F3N7. The highest BCUT2D eigenvalue weighted by atomic mass is 19.4. The first-order valence-corrected chi connectivity index (χ1v) is 6.55. The number of nitrogens with zero attached hydrogens (tertiary/aromatic N) is 7. The molecule has 0 aliphatic heterocycles. The Hall–Kier alpha value is -3.48. The van der Waals surface area contributed by atoms with Gasteiger partial charge in [0, 0.05) is 6.20 Å². The lowest BCUT2D eigenvalue weighted by molar-refractivity contribution is -0.144. The topological polar surface area (TPSA) is 84.7 Å². The van der Waals surface area contributed by atoms with Crippen LogP contribution in [0.2, 0.25) is 0 Å². The van der Waals surface area contributed by atoms with Gasteiger partial charge in [-0.05, 0) is 24.3 Å². The molecule has 24 heavy (non-hydrogen) atoms. The molecule has 0 bridgehead atoms. The minimum atomic E-state index is -4.61. The minimum absolute atomic E-state index is 0.178. The van der Waals surface area contributed by atoms with Crippen molar-refractivity contribution in [3.63, 3.8) is 0 Å². The predicted molar refractivity (Wildman–Crippen MR) is 74.7 cm³/mol. The first-order chi connectivity index (χ1) is 11.5. The summed E-state index contributed by atoms with van der Waals surface area (Å²) in [5.41, 5.74) is 0.985. The number of aromatic nitrogens is 5. The van der Waals surface area contributed by atoms with E-state index in [4.69, 9.17) is 5.26 Å². The van der Waals surface area contributed by atoms with Crippen LogP contribution < -0.4 is 5.49 Å². The van der Waals surface area contributed by atoms with E-state index in [-0.39, 0.29) is 5.82 Å². The summed E-state index contributed by atoms with van der Waals surface area (Å²) >= 11 is 0. The van der Waals surface area contributed by atoms with Gasteiger partial charge in [0.15, 0.2) is 5.82 Å². The maximum atomic E-state index is 12.5. The molecule has 0 amide bonds. The molecule has 0 N–H and O–H groups in total. The summed E-state index contributed by atoms with van der Waals surface area (Å²) in [5.74, 6) is -1.06. The molecule has 0 radical (unpaired) electrons. The van der Waals surface area contributed by atoms with Gasteiger partial charge in [0.1, 0.15) is 11.8 Å². The molecule has 0 atom stereocenters. The van der Waals surface area contributed by atoms with Crippen molar-refractivity contribution >= 4 is 0 Å². The zero-order valence-electron chi connectivity index (χ0n) is 11.9. The molecule has 0 fully saturated rings. The van der Waals surface area contributed by atoms with E-state index < -0.39 is 12.0 Å². The molecule has 0 saturated carbocycles. The van der Waals surface area contributed by atoms with Crippen molar-refractivity contribution in [1.29, 1.82) is 5.26 Å². The average molecular weight is 331 g/mol. The molecule has 0 aliphatic carbocycles. The molecule has 10 heteroatoms. The van der Waals surface area contributed by atoms with Gasteiger partial charge in [0.25, 0.3) is 5.82 Å². The number of alkyl halides is 3. The second-order valence-corrected chi connectivity index (χ2v) is 4.53. The molecule has 0 spiro atoms. The highest BCUT2D eigenvalue weighted by Gasteiger charge is 2.35. The van der Waals surface area contributed by atoms with Gasteiger partial charge < -0.3 is 0 Å². The van der Waals surface area contributed by atoms with Crippen LogP contribution in [0.25, 0.3) is 11.5 Å². The molecule has 7 nitrogen and oxygen atoms in total. The molecule has 0 aliphatic rings. The lowest BCUT2D eigenvalue weighted by atomic mass is 10.3. The van der Waals surface area contributed by atoms with Gasteiger partial charge >= 0.3 is 6.18 Å². The molecule has 3 aromatic rings. The Morgan fingerprint density at radius 3 is 2.58 bits per heavy atom. The predicted octanol–water partition coefficient (Wildman–Crippen LogP) is 1.85. The van der Waals surface area contributed by atoms with Gasteiger partial charge in [-0.25, -0.2) is 14.6 Å². The molecule has 120 valence electrons. The fourth-order valence-electron chi connectivity index (χ4n) is 1.95. The summed E-state index contributed by atoms with van der Waals surface area (Å²) < 4.78 is 40.1. The smallest absolute Gasteiger partial charge is 0.300 e. The maximum absolute atomic E-state index is 12.5. The van der Waals surface area contributed by atoms with Gasteiger partial charge in [-0.1, -0.05) is 6.07 Å². The van der Waals surface area contributed by atoms with Crippen molar-refractivity contribution in [3.8, 4) is 17.7 Å². The van der Waals surface area contributed by atoms with Crippen LogP contribution in [0.3, 0.4) is 0 Å². The van der Waals surface area contributed by atoms with Gasteiger partial charge in [0.2, 0.25) is 6.19 Å². The van der Waals surface area contributed by atoms with E-state index in [1.165, 1.54) is 12.3 Å². The van der Waals surface area contributed by atoms with Gasteiger partial charge in [-0.2, -0.15) is 23.4 Å². The third kappa shape index (κ3) is 3.00. The third-order valence-electron chi connectivity index (χ3n) is 2.99. The van der Waals surface area contributed by atoms with Crippen LogP contribution in [0, 0.1) is 11.5 Å². The van der Waals surface area contributed by atoms with Gasteiger partial charge in [-0.15, -0.1) is 5.10 Å². The Labute approximate surface area is 133 Å². The van der Waals surface area contributed by atoms with Crippen molar-refractivity contribution in [3.05, 3.63) is 60.4 Å². The number of halogens is 3. The van der Waals surface area contributed by atoms with Crippen molar-refractivity contribution in [2.45, 2.75) is 6.18 Å². The molecule has 3 aromatic heterocycles. The molecule has 0 aromatic carbocycles. The van der Waals surface area contributed by atoms with Crippen LogP contribution in [-0.2, 0) is 6.18 Å². The largest absolute Gasteiger partial charge is 0.453 e. The number of rotatable bonds is 2. The van der Waals surface area contributed by atoms with Crippen LogP contribution in [0.4, 0.5) is 13.2 Å². The summed E-state index contributed by atoms with van der Waals surface area (Å²) in [6.07, 6.45) is 1.15.